The largest absolute Gasteiger partial charge is 0.295 e. The van der Waals surface area contributed by atoms with Crippen molar-refractivity contribution in [2.24, 2.45) is 0 Å². The van der Waals surface area contributed by atoms with Crippen molar-refractivity contribution in [1.82, 2.24) is 20.0 Å². The van der Waals surface area contributed by atoms with Crippen molar-refractivity contribution in [3.05, 3.63) is 75.7 Å². The van der Waals surface area contributed by atoms with E-state index in [9.17, 15) is 9.59 Å². The van der Waals surface area contributed by atoms with Gasteiger partial charge in [0.2, 0.25) is 5.13 Å². The molecule has 4 rings (SSSR count). The molecule has 9 heteroatoms. The van der Waals surface area contributed by atoms with Crippen molar-refractivity contribution in [1.29, 1.82) is 0 Å². The van der Waals surface area contributed by atoms with E-state index in [1.807, 2.05) is 6.92 Å². The Bertz CT molecular complexity index is 1260. The van der Waals surface area contributed by atoms with Gasteiger partial charge >= 0.3 is 0 Å². The van der Waals surface area contributed by atoms with Gasteiger partial charge in [0.15, 0.2) is 10.0 Å². The Balaban J connectivity index is 1.51. The number of nitrogens with zero attached hydrogens (tertiary/aromatic N) is 4. The van der Waals surface area contributed by atoms with Gasteiger partial charge < -0.3 is 0 Å². The van der Waals surface area contributed by atoms with Crippen LogP contribution in [-0.2, 0) is 12.3 Å². The van der Waals surface area contributed by atoms with Gasteiger partial charge in [-0.15, -0.1) is 10.2 Å². The molecule has 0 saturated heterocycles. The average molecular weight is 438 g/mol. The third-order valence-electron chi connectivity index (χ3n) is 4.49. The number of aromatic nitrogens is 4. The zero-order valence-electron chi connectivity index (χ0n) is 16.5. The van der Waals surface area contributed by atoms with E-state index in [0.29, 0.717) is 22.4 Å². The monoisotopic (exact) mass is 437 g/mol. The van der Waals surface area contributed by atoms with E-state index in [-0.39, 0.29) is 11.3 Å². The molecule has 7 nitrogen and oxygen atoms in total. The molecular weight excluding hydrogens is 418 g/mol. The van der Waals surface area contributed by atoms with Crippen LogP contribution in [0.5, 0.6) is 0 Å². The van der Waals surface area contributed by atoms with Gasteiger partial charge in [0, 0.05) is 17.7 Å². The van der Waals surface area contributed by atoms with E-state index in [1.54, 1.807) is 36.0 Å². The van der Waals surface area contributed by atoms with Crippen molar-refractivity contribution in [3.63, 3.8) is 0 Å². The second-order valence-electron chi connectivity index (χ2n) is 6.62. The highest BCUT2D eigenvalue weighted by molar-refractivity contribution is 8.00. The number of thioether (sulfide) groups is 1. The van der Waals surface area contributed by atoms with E-state index in [0.717, 1.165) is 10.1 Å². The molecule has 0 bridgehead atoms. The van der Waals surface area contributed by atoms with Crippen molar-refractivity contribution in [2.75, 3.05) is 5.32 Å². The summed E-state index contributed by atoms with van der Waals surface area (Å²) < 4.78 is 2.06. The van der Waals surface area contributed by atoms with Gasteiger partial charge in [0.25, 0.3) is 11.5 Å². The van der Waals surface area contributed by atoms with E-state index in [4.69, 9.17) is 0 Å². The molecule has 4 aromatic rings. The van der Waals surface area contributed by atoms with Crippen LogP contribution >= 0.6 is 23.1 Å². The fourth-order valence-electron chi connectivity index (χ4n) is 2.92. The number of nitrogens with one attached hydrogen (secondary N) is 1. The number of aryl methyl sites for hydroxylation is 2. The smallest absolute Gasteiger partial charge is 0.278 e. The van der Waals surface area contributed by atoms with Crippen LogP contribution in [0.1, 0.15) is 28.5 Å². The van der Waals surface area contributed by atoms with Gasteiger partial charge in [-0.05, 0) is 25.5 Å². The molecule has 0 radical (unpaired) electrons. The lowest BCUT2D eigenvalue weighted by Gasteiger charge is -2.08. The number of benzene rings is 2. The standard InChI is InChI=1S/C21H19N5O2S2/c1-3-26-19(28)16-7-5-4-6-15(16)17(25-26)18(27)22-20-23-24-21(30-20)29-12-14-10-8-13(2)9-11-14/h4-11H,3,12H2,1-2H3,(H,22,23,27). The van der Waals surface area contributed by atoms with Crippen LogP contribution in [0.15, 0.2) is 57.7 Å². The Morgan fingerprint density at radius 2 is 1.83 bits per heavy atom. The summed E-state index contributed by atoms with van der Waals surface area (Å²) in [4.78, 5) is 25.3. The van der Waals surface area contributed by atoms with Crippen LogP contribution < -0.4 is 10.9 Å². The Labute approximate surface area is 181 Å². The Morgan fingerprint density at radius 1 is 1.10 bits per heavy atom. The lowest BCUT2D eigenvalue weighted by Crippen LogP contribution is -2.27. The van der Waals surface area contributed by atoms with Crippen LogP contribution in [0.3, 0.4) is 0 Å². The fourth-order valence-corrected chi connectivity index (χ4v) is 4.62. The highest BCUT2D eigenvalue weighted by Gasteiger charge is 2.18. The second-order valence-corrected chi connectivity index (χ2v) is 8.82. The van der Waals surface area contributed by atoms with Crippen molar-refractivity contribution < 1.29 is 4.79 Å². The minimum atomic E-state index is -0.417. The maximum Gasteiger partial charge on any atom is 0.278 e. The van der Waals surface area contributed by atoms with Gasteiger partial charge in [-0.25, -0.2) is 4.68 Å². The van der Waals surface area contributed by atoms with E-state index in [2.05, 4.69) is 51.8 Å². The molecule has 0 spiro atoms. The Hall–Kier alpha value is -3.04. The first-order chi connectivity index (χ1) is 14.5. The molecular formula is C21H19N5O2S2. The quantitative estimate of drug-likeness (QED) is 0.360. The Kier molecular flexibility index (Phi) is 5.91. The minimum absolute atomic E-state index is 0.191. The third-order valence-corrected chi connectivity index (χ3v) is 6.54. The molecule has 0 aliphatic rings. The van der Waals surface area contributed by atoms with Gasteiger partial charge in [-0.2, -0.15) is 5.10 Å². The predicted molar refractivity (Wildman–Crippen MR) is 120 cm³/mol. The lowest BCUT2D eigenvalue weighted by atomic mass is 10.1. The fraction of sp³-hybridized carbons (Fsp3) is 0.190. The molecule has 0 fully saturated rings. The average Bonchev–Trinajstić information content (AvgIpc) is 3.21. The first kappa shape index (κ1) is 20.2. The van der Waals surface area contributed by atoms with Gasteiger partial charge in [0.05, 0.1) is 5.39 Å². The molecule has 0 aliphatic carbocycles. The zero-order chi connectivity index (χ0) is 21.1. The summed E-state index contributed by atoms with van der Waals surface area (Å²) in [6.45, 7) is 4.25. The first-order valence-electron chi connectivity index (χ1n) is 9.38. The number of rotatable bonds is 6. The molecule has 0 atom stereocenters. The maximum absolute atomic E-state index is 12.9. The number of fused-ring (bicyclic) bond motifs is 1. The number of carbonyl (C=O) groups is 1. The molecule has 0 aliphatic heterocycles. The highest BCUT2D eigenvalue weighted by atomic mass is 32.2. The van der Waals surface area contributed by atoms with Crippen LogP contribution in [0.4, 0.5) is 5.13 Å². The normalized spacial score (nSPS) is 11.0. The van der Waals surface area contributed by atoms with Gasteiger partial charge in [0.1, 0.15) is 0 Å². The molecule has 30 heavy (non-hydrogen) atoms. The van der Waals surface area contributed by atoms with Crippen LogP contribution in [-0.4, -0.2) is 25.9 Å². The number of anilines is 1. The Morgan fingerprint density at radius 3 is 2.57 bits per heavy atom. The van der Waals surface area contributed by atoms with Crippen molar-refractivity contribution in [2.45, 2.75) is 30.5 Å². The second kappa shape index (κ2) is 8.76. The van der Waals surface area contributed by atoms with Crippen molar-refractivity contribution in [3.8, 4) is 0 Å². The highest BCUT2D eigenvalue weighted by Crippen LogP contribution is 2.28. The summed E-state index contributed by atoms with van der Waals surface area (Å²) in [5, 5.41) is 16.6. The maximum atomic E-state index is 12.9. The molecule has 2 aromatic carbocycles. The SMILES string of the molecule is CCn1nc(C(=O)Nc2nnc(SCc3ccc(C)cc3)s2)c2ccccc2c1=O. The van der Waals surface area contributed by atoms with Crippen LogP contribution in [0.2, 0.25) is 0 Å². The van der Waals surface area contributed by atoms with Crippen LogP contribution in [0.25, 0.3) is 10.8 Å². The van der Waals surface area contributed by atoms with E-state index >= 15 is 0 Å². The predicted octanol–water partition coefficient (Wildman–Crippen LogP) is 4.12. The van der Waals surface area contributed by atoms with Crippen LogP contribution in [0, 0.1) is 6.92 Å². The summed E-state index contributed by atoms with van der Waals surface area (Å²) in [5.41, 5.74) is 2.40. The topological polar surface area (TPSA) is 89.8 Å². The number of hydrogen-bond acceptors (Lipinski definition) is 7. The number of hydrogen-bond donors (Lipinski definition) is 1. The van der Waals surface area contributed by atoms with E-state index in [1.165, 1.54) is 27.1 Å². The van der Waals surface area contributed by atoms with E-state index < -0.39 is 5.91 Å². The molecule has 2 aromatic heterocycles. The summed E-state index contributed by atoms with van der Waals surface area (Å²) >= 11 is 2.88. The molecule has 0 unspecified atom stereocenters. The molecule has 1 N–H and O–H groups in total. The summed E-state index contributed by atoms with van der Waals surface area (Å²) in [6, 6.07) is 15.3. The lowest BCUT2D eigenvalue weighted by molar-refractivity contribution is 0.102. The minimum Gasteiger partial charge on any atom is -0.295 e. The van der Waals surface area contributed by atoms with Crippen molar-refractivity contribution >= 4 is 44.9 Å². The third kappa shape index (κ3) is 4.27. The van der Waals surface area contributed by atoms with Gasteiger partial charge in [-0.1, -0.05) is 71.1 Å². The summed E-state index contributed by atoms with van der Waals surface area (Å²) in [6.07, 6.45) is 0. The summed E-state index contributed by atoms with van der Waals surface area (Å²) in [5.74, 6) is 0.357. The molecule has 152 valence electrons. The molecule has 1 amide bonds. The zero-order valence-corrected chi connectivity index (χ0v) is 18.1. The number of carbonyl (C=O) groups excluding carboxylic acids is 1. The summed E-state index contributed by atoms with van der Waals surface area (Å²) in [7, 11) is 0. The molecule has 2 heterocycles. The molecule has 0 saturated carbocycles. The van der Waals surface area contributed by atoms with Gasteiger partial charge in [-0.3, -0.25) is 14.9 Å². The number of amides is 1. The first-order valence-corrected chi connectivity index (χ1v) is 11.2.